The van der Waals surface area contributed by atoms with Gasteiger partial charge in [-0.25, -0.2) is 0 Å². The second kappa shape index (κ2) is 5.02. The van der Waals surface area contributed by atoms with Gasteiger partial charge in [0.15, 0.2) is 6.40 Å². The molecule has 0 aromatic carbocycles. The minimum absolute atomic E-state index is 0.206. The third-order valence-electron chi connectivity index (χ3n) is 1.60. The fraction of sp³-hybridized carbons (Fsp3) is 0.444. The quantitative estimate of drug-likeness (QED) is 0.540. The highest BCUT2D eigenvalue weighted by Crippen LogP contribution is 2.21. The molecule has 5 heteroatoms. The number of nitriles is 1. The summed E-state index contributed by atoms with van der Waals surface area (Å²) in [7, 11) is 0. The maximum Gasteiger partial charge on any atom is 0.271 e. The maximum absolute atomic E-state index is 8.81. The zero-order valence-electron chi connectivity index (χ0n) is 8.15. The Morgan fingerprint density at radius 2 is 2.43 bits per heavy atom. The van der Waals surface area contributed by atoms with Crippen LogP contribution in [0, 0.1) is 11.3 Å². The van der Waals surface area contributed by atoms with Crippen LogP contribution in [0.25, 0.3) is 0 Å². The first-order valence-corrected chi connectivity index (χ1v) is 4.36. The van der Waals surface area contributed by atoms with Crippen molar-refractivity contribution in [1.29, 1.82) is 5.26 Å². The molecule has 1 rings (SSSR count). The summed E-state index contributed by atoms with van der Waals surface area (Å²) in [6.07, 6.45) is 1.90. The van der Waals surface area contributed by atoms with Crippen molar-refractivity contribution in [3.63, 3.8) is 0 Å². The summed E-state index contributed by atoms with van der Waals surface area (Å²) in [5.41, 5.74) is 1.000. The Morgan fingerprint density at radius 1 is 1.64 bits per heavy atom. The van der Waals surface area contributed by atoms with E-state index >= 15 is 0 Å². The predicted octanol–water partition coefficient (Wildman–Crippen LogP) is 1.80. The first-order chi connectivity index (χ1) is 6.83. The summed E-state index contributed by atoms with van der Waals surface area (Å²) in [6.45, 7) is 4.27. The number of aliphatic imine (C=N–C) groups is 1. The van der Waals surface area contributed by atoms with Crippen LogP contribution in [-0.2, 0) is 11.2 Å². The number of aryl methyl sites for hydroxylation is 1. The lowest BCUT2D eigenvalue weighted by Gasteiger charge is -1.89. The second-order valence-corrected chi connectivity index (χ2v) is 2.46. The van der Waals surface area contributed by atoms with Gasteiger partial charge in [0.05, 0.1) is 6.61 Å². The number of hydrogen-bond acceptors (Lipinski definition) is 5. The van der Waals surface area contributed by atoms with E-state index in [1.165, 1.54) is 6.40 Å². The van der Waals surface area contributed by atoms with Crippen LogP contribution < -0.4 is 0 Å². The Morgan fingerprint density at radius 3 is 3.00 bits per heavy atom. The molecule has 0 aliphatic carbocycles. The van der Waals surface area contributed by atoms with Gasteiger partial charge in [-0.1, -0.05) is 12.1 Å². The van der Waals surface area contributed by atoms with E-state index in [2.05, 4.69) is 10.1 Å². The molecule has 5 nitrogen and oxygen atoms in total. The first-order valence-electron chi connectivity index (χ1n) is 4.36. The first kappa shape index (κ1) is 10.3. The lowest BCUT2D eigenvalue weighted by atomic mass is 10.2. The van der Waals surface area contributed by atoms with E-state index in [1.807, 2.05) is 19.9 Å². The van der Waals surface area contributed by atoms with Gasteiger partial charge in [-0.15, -0.1) is 0 Å². The summed E-state index contributed by atoms with van der Waals surface area (Å²) in [5, 5.41) is 12.5. The normalized spacial score (nSPS) is 10.4. The van der Waals surface area contributed by atoms with Crippen molar-refractivity contribution >= 4 is 12.3 Å². The molecule has 74 valence electrons. The van der Waals surface area contributed by atoms with Crippen LogP contribution in [0.4, 0.5) is 5.88 Å². The van der Waals surface area contributed by atoms with Gasteiger partial charge >= 0.3 is 0 Å². The Labute approximate surface area is 82.0 Å². The lowest BCUT2D eigenvalue weighted by molar-refractivity contribution is 0.341. The van der Waals surface area contributed by atoms with Crippen molar-refractivity contribution in [1.82, 2.24) is 5.16 Å². The number of rotatable bonds is 4. The van der Waals surface area contributed by atoms with Crippen LogP contribution in [0.5, 0.6) is 0 Å². The van der Waals surface area contributed by atoms with E-state index in [0.29, 0.717) is 24.3 Å². The van der Waals surface area contributed by atoms with Gasteiger partial charge in [0, 0.05) is 0 Å². The molecule has 0 saturated carbocycles. The summed E-state index contributed by atoms with van der Waals surface area (Å²) in [5.74, 6) is 0.206. The predicted molar refractivity (Wildman–Crippen MR) is 50.4 cm³/mol. The molecule has 0 aliphatic heterocycles. The van der Waals surface area contributed by atoms with Crippen molar-refractivity contribution in [2.45, 2.75) is 20.3 Å². The van der Waals surface area contributed by atoms with Gasteiger partial charge in [0.2, 0.25) is 0 Å². The van der Waals surface area contributed by atoms with Crippen LogP contribution in [-0.4, -0.2) is 18.2 Å². The number of nitrogens with zero attached hydrogens (tertiary/aromatic N) is 3. The average molecular weight is 193 g/mol. The van der Waals surface area contributed by atoms with Crippen LogP contribution >= 0.6 is 0 Å². The summed E-state index contributed by atoms with van der Waals surface area (Å²) in [4.78, 5) is 3.84. The van der Waals surface area contributed by atoms with Crippen LogP contribution in [0.15, 0.2) is 9.52 Å². The van der Waals surface area contributed by atoms with Gasteiger partial charge in [-0.3, -0.25) is 0 Å². The molecule has 0 N–H and O–H groups in total. The molecule has 0 aliphatic rings. The molecule has 1 aromatic heterocycles. The summed E-state index contributed by atoms with van der Waals surface area (Å²) >= 11 is 0. The van der Waals surface area contributed by atoms with Gasteiger partial charge in [-0.2, -0.15) is 10.3 Å². The Kier molecular flexibility index (Phi) is 3.68. The average Bonchev–Trinajstić information content (AvgIpc) is 2.60. The van der Waals surface area contributed by atoms with Gasteiger partial charge in [0.25, 0.3) is 5.88 Å². The highest BCUT2D eigenvalue weighted by Gasteiger charge is 2.12. The molecule has 0 saturated heterocycles. The molecule has 14 heavy (non-hydrogen) atoms. The van der Waals surface area contributed by atoms with E-state index in [0.717, 1.165) is 0 Å². The van der Waals surface area contributed by atoms with Gasteiger partial charge in [0.1, 0.15) is 17.3 Å². The molecule has 1 heterocycles. The van der Waals surface area contributed by atoms with E-state index < -0.39 is 0 Å². The van der Waals surface area contributed by atoms with E-state index in [4.69, 9.17) is 14.5 Å². The zero-order chi connectivity index (χ0) is 10.4. The molecule has 0 bridgehead atoms. The van der Waals surface area contributed by atoms with E-state index in [1.54, 1.807) is 0 Å². The lowest BCUT2D eigenvalue weighted by Crippen LogP contribution is -1.85. The Hall–Kier alpha value is -1.83. The second-order valence-electron chi connectivity index (χ2n) is 2.46. The minimum Gasteiger partial charge on any atom is -0.483 e. The molecule has 1 aromatic rings. The molecule has 0 spiro atoms. The Balaban J connectivity index is 2.88. The number of hydrogen-bond donors (Lipinski definition) is 0. The van der Waals surface area contributed by atoms with Crippen LogP contribution in [0.1, 0.15) is 25.1 Å². The third kappa shape index (κ3) is 2.10. The van der Waals surface area contributed by atoms with Crippen molar-refractivity contribution in [3.8, 4) is 6.07 Å². The molecular formula is C9H11N3O2. The van der Waals surface area contributed by atoms with Crippen molar-refractivity contribution < 1.29 is 9.26 Å². The van der Waals surface area contributed by atoms with E-state index in [-0.39, 0.29) is 5.88 Å². The standard InChI is InChI=1S/C9H11N3O2/c1-3-8-7(5-10)9(14-12-8)11-6-13-4-2/h6H,3-4H2,1-2H3/b11-6+. The fourth-order valence-electron chi connectivity index (χ4n) is 0.915. The number of aromatic nitrogens is 1. The summed E-state index contributed by atoms with van der Waals surface area (Å²) < 4.78 is 9.76. The highest BCUT2D eigenvalue weighted by molar-refractivity contribution is 5.58. The topological polar surface area (TPSA) is 71.4 Å². The monoisotopic (exact) mass is 193 g/mol. The van der Waals surface area contributed by atoms with Crippen molar-refractivity contribution in [2.75, 3.05) is 6.61 Å². The summed E-state index contributed by atoms with van der Waals surface area (Å²) in [6, 6.07) is 2.00. The van der Waals surface area contributed by atoms with Crippen molar-refractivity contribution in [3.05, 3.63) is 11.3 Å². The Bertz CT molecular complexity index is 363. The fourth-order valence-corrected chi connectivity index (χ4v) is 0.915. The molecule has 0 atom stereocenters. The smallest absolute Gasteiger partial charge is 0.271 e. The molecular weight excluding hydrogens is 182 g/mol. The molecule has 0 amide bonds. The number of ether oxygens (including phenoxy) is 1. The molecule has 0 fully saturated rings. The SMILES string of the molecule is CCO/C=N/c1onc(CC)c1C#N. The van der Waals surface area contributed by atoms with Crippen LogP contribution in [0.3, 0.4) is 0 Å². The largest absolute Gasteiger partial charge is 0.483 e. The minimum atomic E-state index is 0.206. The van der Waals surface area contributed by atoms with Crippen molar-refractivity contribution in [2.24, 2.45) is 4.99 Å². The maximum atomic E-state index is 8.81. The van der Waals surface area contributed by atoms with Gasteiger partial charge in [-0.05, 0) is 13.3 Å². The van der Waals surface area contributed by atoms with E-state index in [9.17, 15) is 0 Å². The third-order valence-corrected chi connectivity index (χ3v) is 1.60. The van der Waals surface area contributed by atoms with Crippen LogP contribution in [0.2, 0.25) is 0 Å². The molecule has 0 unspecified atom stereocenters. The highest BCUT2D eigenvalue weighted by atomic mass is 16.5. The zero-order valence-corrected chi connectivity index (χ0v) is 8.15. The molecule has 0 radical (unpaired) electrons. The van der Waals surface area contributed by atoms with Gasteiger partial charge < -0.3 is 9.26 Å².